The molecule has 0 unspecified atom stereocenters. The van der Waals surface area contributed by atoms with Crippen molar-refractivity contribution in [3.8, 4) is 5.75 Å². The number of benzene rings is 1. The highest BCUT2D eigenvalue weighted by molar-refractivity contribution is 5.94. The Kier molecular flexibility index (Phi) is 6.51. The van der Waals surface area contributed by atoms with Gasteiger partial charge < -0.3 is 9.64 Å². The molecule has 7 nitrogen and oxygen atoms in total. The molecular weight excluding hydrogens is 344 g/mol. The van der Waals surface area contributed by atoms with E-state index in [1.165, 1.54) is 6.42 Å². The van der Waals surface area contributed by atoms with Crippen molar-refractivity contribution in [2.24, 2.45) is 5.10 Å². The van der Waals surface area contributed by atoms with Gasteiger partial charge in [0.05, 0.1) is 6.21 Å². The molecule has 0 aliphatic carbocycles. The molecule has 1 saturated heterocycles. The summed E-state index contributed by atoms with van der Waals surface area (Å²) < 4.78 is 5.57. The van der Waals surface area contributed by atoms with E-state index in [1.807, 2.05) is 17.0 Å². The van der Waals surface area contributed by atoms with Crippen LogP contribution in [0.5, 0.6) is 5.75 Å². The summed E-state index contributed by atoms with van der Waals surface area (Å²) >= 11 is 0. The number of carbonyl (C=O) groups is 2. The van der Waals surface area contributed by atoms with Crippen molar-refractivity contribution in [2.45, 2.75) is 19.3 Å². The first-order valence-electron chi connectivity index (χ1n) is 8.96. The predicted octanol–water partition coefficient (Wildman–Crippen LogP) is 2.24. The summed E-state index contributed by atoms with van der Waals surface area (Å²) in [6.07, 6.45) is 7.97. The lowest BCUT2D eigenvalue weighted by Crippen LogP contribution is -2.38. The zero-order valence-corrected chi connectivity index (χ0v) is 15.0. The third-order valence-corrected chi connectivity index (χ3v) is 4.27. The molecule has 2 heterocycles. The molecule has 1 aliphatic rings. The molecule has 0 saturated carbocycles. The molecule has 7 heteroatoms. The van der Waals surface area contributed by atoms with Gasteiger partial charge in [0.1, 0.15) is 5.75 Å². The van der Waals surface area contributed by atoms with Crippen LogP contribution in [0, 0.1) is 0 Å². The van der Waals surface area contributed by atoms with Crippen LogP contribution in [0.1, 0.15) is 35.2 Å². The summed E-state index contributed by atoms with van der Waals surface area (Å²) in [6, 6.07) is 10.4. The monoisotopic (exact) mass is 366 g/mol. The molecule has 0 spiro atoms. The van der Waals surface area contributed by atoms with Gasteiger partial charge in [-0.3, -0.25) is 14.6 Å². The Morgan fingerprint density at radius 2 is 1.78 bits per heavy atom. The largest absolute Gasteiger partial charge is 0.484 e. The number of nitrogens with one attached hydrogen (secondary N) is 1. The molecule has 1 N–H and O–H groups in total. The van der Waals surface area contributed by atoms with Gasteiger partial charge in [-0.05, 0) is 61.2 Å². The van der Waals surface area contributed by atoms with Crippen molar-refractivity contribution in [3.05, 3.63) is 59.9 Å². The van der Waals surface area contributed by atoms with Crippen molar-refractivity contribution >= 4 is 18.0 Å². The molecule has 1 fully saturated rings. The number of likely N-dealkylation sites (tertiary alicyclic amines) is 1. The molecule has 27 heavy (non-hydrogen) atoms. The number of hydrogen-bond acceptors (Lipinski definition) is 5. The van der Waals surface area contributed by atoms with Crippen molar-refractivity contribution in [1.82, 2.24) is 15.3 Å². The third kappa shape index (κ3) is 5.64. The summed E-state index contributed by atoms with van der Waals surface area (Å²) in [7, 11) is 0. The fourth-order valence-corrected chi connectivity index (χ4v) is 2.76. The van der Waals surface area contributed by atoms with E-state index in [4.69, 9.17) is 4.74 Å². The average Bonchev–Trinajstić information content (AvgIpc) is 2.74. The summed E-state index contributed by atoms with van der Waals surface area (Å²) in [4.78, 5) is 29.7. The van der Waals surface area contributed by atoms with Gasteiger partial charge in [0.2, 0.25) is 0 Å². The smallest absolute Gasteiger partial charge is 0.271 e. The molecule has 0 radical (unpaired) electrons. The Morgan fingerprint density at radius 1 is 1.07 bits per heavy atom. The molecule has 2 amide bonds. The molecule has 0 bridgehead atoms. The van der Waals surface area contributed by atoms with Crippen LogP contribution in [0.4, 0.5) is 0 Å². The summed E-state index contributed by atoms with van der Waals surface area (Å²) in [6.45, 7) is 1.70. The van der Waals surface area contributed by atoms with Gasteiger partial charge in [-0.1, -0.05) is 0 Å². The number of amides is 2. The quantitative estimate of drug-likeness (QED) is 0.628. The number of pyridine rings is 1. The molecule has 0 atom stereocenters. The lowest BCUT2D eigenvalue weighted by Gasteiger charge is -2.26. The van der Waals surface area contributed by atoms with Crippen molar-refractivity contribution < 1.29 is 14.3 Å². The molecule has 2 aromatic rings. The van der Waals surface area contributed by atoms with Gasteiger partial charge in [-0.25, -0.2) is 5.43 Å². The Balaban J connectivity index is 1.45. The van der Waals surface area contributed by atoms with Crippen LogP contribution >= 0.6 is 0 Å². The fourth-order valence-electron chi connectivity index (χ4n) is 2.76. The number of hydrogen-bond donors (Lipinski definition) is 1. The molecule has 3 rings (SSSR count). The third-order valence-electron chi connectivity index (χ3n) is 4.27. The van der Waals surface area contributed by atoms with Crippen molar-refractivity contribution in [1.29, 1.82) is 0 Å². The number of hydrazone groups is 1. The van der Waals surface area contributed by atoms with Crippen molar-refractivity contribution in [3.63, 3.8) is 0 Å². The second-order valence-corrected chi connectivity index (χ2v) is 6.23. The summed E-state index contributed by atoms with van der Waals surface area (Å²) in [5.41, 5.74) is 3.76. The van der Waals surface area contributed by atoms with E-state index in [9.17, 15) is 9.59 Å². The highest BCUT2D eigenvalue weighted by Crippen LogP contribution is 2.13. The molecule has 1 aromatic heterocycles. The first kappa shape index (κ1) is 18.6. The number of piperidine rings is 1. The lowest BCUT2D eigenvalue weighted by molar-refractivity contribution is -0.134. The lowest BCUT2D eigenvalue weighted by atomic mass is 10.1. The summed E-state index contributed by atoms with van der Waals surface area (Å²) in [5.74, 6) is 0.349. The first-order chi connectivity index (χ1) is 13.2. The minimum Gasteiger partial charge on any atom is -0.484 e. The highest BCUT2D eigenvalue weighted by atomic mass is 16.5. The Bertz CT molecular complexity index is 785. The van der Waals surface area contributed by atoms with Gasteiger partial charge in [0, 0.05) is 31.0 Å². The average molecular weight is 366 g/mol. The summed E-state index contributed by atoms with van der Waals surface area (Å²) in [5, 5.41) is 3.94. The van der Waals surface area contributed by atoms with Gasteiger partial charge in [-0.2, -0.15) is 5.10 Å². The van der Waals surface area contributed by atoms with E-state index in [-0.39, 0.29) is 18.4 Å². The van der Waals surface area contributed by atoms with Crippen molar-refractivity contribution in [2.75, 3.05) is 19.7 Å². The fraction of sp³-hybridized carbons (Fsp3) is 0.300. The van der Waals surface area contributed by atoms with Crippen LogP contribution in [0.2, 0.25) is 0 Å². The molecule has 1 aromatic carbocycles. The second kappa shape index (κ2) is 9.47. The van der Waals surface area contributed by atoms with Gasteiger partial charge in [0.25, 0.3) is 11.8 Å². The predicted molar refractivity (Wildman–Crippen MR) is 102 cm³/mol. The first-order valence-corrected chi connectivity index (χ1v) is 8.96. The zero-order chi connectivity index (χ0) is 18.9. The standard InChI is InChI=1S/C20H22N4O3/c25-19(24-12-2-1-3-13-24)15-27-18-6-4-16(5-7-18)14-22-23-20(26)17-8-10-21-11-9-17/h4-11,14H,1-3,12-13,15H2,(H,23,26)/b22-14-. The van der Waals surface area contributed by atoms with Gasteiger partial charge in [0.15, 0.2) is 6.61 Å². The van der Waals surface area contributed by atoms with E-state index in [0.717, 1.165) is 31.5 Å². The molecular formula is C20H22N4O3. The number of aromatic nitrogens is 1. The molecule has 1 aliphatic heterocycles. The molecule has 140 valence electrons. The minimum absolute atomic E-state index is 0.0270. The topological polar surface area (TPSA) is 83.9 Å². The van der Waals surface area contributed by atoms with Crippen LogP contribution in [-0.2, 0) is 4.79 Å². The van der Waals surface area contributed by atoms with Gasteiger partial charge >= 0.3 is 0 Å². The Hall–Kier alpha value is -3.22. The van der Waals surface area contributed by atoms with E-state index >= 15 is 0 Å². The van der Waals surface area contributed by atoms with E-state index < -0.39 is 0 Å². The number of carbonyl (C=O) groups excluding carboxylic acids is 2. The maximum absolute atomic E-state index is 12.1. The normalized spacial score (nSPS) is 14.1. The Morgan fingerprint density at radius 3 is 2.48 bits per heavy atom. The number of ether oxygens (including phenoxy) is 1. The van der Waals surface area contributed by atoms with Crippen LogP contribution in [0.15, 0.2) is 53.9 Å². The van der Waals surface area contributed by atoms with E-state index in [2.05, 4.69) is 15.5 Å². The van der Waals surface area contributed by atoms with Gasteiger partial charge in [-0.15, -0.1) is 0 Å². The maximum atomic E-state index is 12.1. The van der Waals surface area contributed by atoms with E-state index in [0.29, 0.717) is 11.3 Å². The van der Waals surface area contributed by atoms with Crippen LogP contribution in [0.3, 0.4) is 0 Å². The second-order valence-electron chi connectivity index (χ2n) is 6.23. The van der Waals surface area contributed by atoms with E-state index in [1.54, 1.807) is 42.9 Å². The highest BCUT2D eigenvalue weighted by Gasteiger charge is 2.16. The SMILES string of the molecule is O=C(N/N=C\c1ccc(OCC(=O)N2CCCCC2)cc1)c1ccncc1. The Labute approximate surface area is 158 Å². The number of rotatable bonds is 6. The van der Waals surface area contributed by atoms with Crippen LogP contribution in [-0.4, -0.2) is 47.6 Å². The maximum Gasteiger partial charge on any atom is 0.271 e. The minimum atomic E-state index is -0.301. The number of nitrogens with zero attached hydrogens (tertiary/aromatic N) is 3. The zero-order valence-electron chi connectivity index (χ0n) is 15.0. The van der Waals surface area contributed by atoms with Crippen LogP contribution < -0.4 is 10.2 Å². The van der Waals surface area contributed by atoms with Crippen LogP contribution in [0.25, 0.3) is 0 Å².